The molecule has 0 spiro atoms. The average Bonchev–Trinajstić information content (AvgIpc) is 2.08. The van der Waals surface area contributed by atoms with Gasteiger partial charge in [-0.1, -0.05) is 28.9 Å². The van der Waals surface area contributed by atoms with Gasteiger partial charge in [0, 0.05) is 11.0 Å². The number of hydrogen-bond acceptors (Lipinski definition) is 2. The molecule has 1 aromatic heterocycles. The molecule has 1 rings (SSSR count). The summed E-state index contributed by atoms with van der Waals surface area (Å²) in [6.07, 6.45) is 5.08. The summed E-state index contributed by atoms with van der Waals surface area (Å²) in [7, 11) is 0. The summed E-state index contributed by atoms with van der Waals surface area (Å²) in [6, 6.07) is 3.98. The maximum atomic E-state index is 5.71. The van der Waals surface area contributed by atoms with Crippen LogP contribution in [0, 0.1) is 0 Å². The Morgan fingerprint density at radius 1 is 1.62 bits per heavy atom. The summed E-state index contributed by atoms with van der Waals surface area (Å²) >= 11 is 3.52. The van der Waals surface area contributed by atoms with E-state index in [1.165, 1.54) is 6.42 Å². The molecule has 0 fully saturated rings. The number of halogens is 1. The summed E-state index contributed by atoms with van der Waals surface area (Å²) in [5.41, 5.74) is 6.88. The summed E-state index contributed by atoms with van der Waals surface area (Å²) in [5, 5.41) is 0. The van der Waals surface area contributed by atoms with E-state index in [2.05, 4.69) is 27.8 Å². The number of nitrogens with zero attached hydrogens (tertiary/aromatic N) is 1. The van der Waals surface area contributed by atoms with Crippen molar-refractivity contribution in [1.29, 1.82) is 0 Å². The van der Waals surface area contributed by atoms with Crippen LogP contribution in [0.15, 0.2) is 18.3 Å². The standard InChI is InChI=1S/C10H15BrN2/c1-8(11)4-2-5-9-6-3-7-13-10(9)12/h3,6-8H,2,4-5H2,1H3,(H2,12,13)/t8-/m1/s1. The van der Waals surface area contributed by atoms with Gasteiger partial charge >= 0.3 is 0 Å². The van der Waals surface area contributed by atoms with Crippen LogP contribution in [0.2, 0.25) is 0 Å². The smallest absolute Gasteiger partial charge is 0.126 e. The van der Waals surface area contributed by atoms with Crippen LogP contribution in [0.25, 0.3) is 0 Å². The predicted octanol–water partition coefficient (Wildman–Crippen LogP) is 2.77. The summed E-state index contributed by atoms with van der Waals surface area (Å²) in [4.78, 5) is 4.63. The molecule has 0 amide bonds. The lowest BCUT2D eigenvalue weighted by Gasteiger charge is -2.04. The highest BCUT2D eigenvalue weighted by molar-refractivity contribution is 9.09. The maximum Gasteiger partial charge on any atom is 0.126 e. The Bertz CT molecular complexity index is 261. The van der Waals surface area contributed by atoms with Gasteiger partial charge in [-0.05, 0) is 30.9 Å². The Kier molecular flexibility index (Phi) is 4.22. The number of pyridine rings is 1. The lowest BCUT2D eigenvalue weighted by molar-refractivity contribution is 0.736. The quantitative estimate of drug-likeness (QED) is 0.826. The van der Waals surface area contributed by atoms with E-state index in [0.29, 0.717) is 10.6 Å². The molecule has 3 heteroatoms. The highest BCUT2D eigenvalue weighted by atomic mass is 79.9. The third-order valence-corrected chi connectivity index (χ3v) is 2.43. The van der Waals surface area contributed by atoms with Gasteiger partial charge in [0.25, 0.3) is 0 Å². The molecule has 0 aliphatic rings. The number of aryl methyl sites for hydroxylation is 1. The summed E-state index contributed by atoms with van der Waals surface area (Å²) < 4.78 is 0. The van der Waals surface area contributed by atoms with E-state index in [1.54, 1.807) is 6.20 Å². The lowest BCUT2D eigenvalue weighted by Crippen LogP contribution is -1.98. The molecule has 2 N–H and O–H groups in total. The van der Waals surface area contributed by atoms with Crippen LogP contribution in [0.3, 0.4) is 0 Å². The topological polar surface area (TPSA) is 38.9 Å². The molecule has 0 radical (unpaired) electrons. The fraction of sp³-hybridized carbons (Fsp3) is 0.500. The average molecular weight is 243 g/mol. The van der Waals surface area contributed by atoms with Crippen molar-refractivity contribution in [2.75, 3.05) is 5.73 Å². The lowest BCUT2D eigenvalue weighted by atomic mass is 10.1. The molecule has 0 aliphatic heterocycles. The normalized spacial score (nSPS) is 12.8. The van der Waals surface area contributed by atoms with E-state index in [1.807, 2.05) is 12.1 Å². The van der Waals surface area contributed by atoms with Gasteiger partial charge in [-0.15, -0.1) is 0 Å². The van der Waals surface area contributed by atoms with Crippen molar-refractivity contribution in [3.8, 4) is 0 Å². The van der Waals surface area contributed by atoms with Crippen molar-refractivity contribution in [3.05, 3.63) is 23.9 Å². The fourth-order valence-electron chi connectivity index (χ4n) is 1.24. The molecule has 0 aromatic carbocycles. The molecular formula is C10H15BrN2. The van der Waals surface area contributed by atoms with E-state index in [4.69, 9.17) is 5.73 Å². The highest BCUT2D eigenvalue weighted by Gasteiger charge is 2.00. The van der Waals surface area contributed by atoms with E-state index in [9.17, 15) is 0 Å². The van der Waals surface area contributed by atoms with Crippen molar-refractivity contribution in [2.45, 2.75) is 31.0 Å². The molecule has 0 saturated carbocycles. The molecule has 1 atom stereocenters. The van der Waals surface area contributed by atoms with Crippen LogP contribution in [-0.2, 0) is 6.42 Å². The molecule has 0 aliphatic carbocycles. The van der Waals surface area contributed by atoms with Gasteiger partial charge in [-0.2, -0.15) is 0 Å². The van der Waals surface area contributed by atoms with Crippen LogP contribution in [0.5, 0.6) is 0 Å². The zero-order valence-electron chi connectivity index (χ0n) is 7.83. The third-order valence-electron chi connectivity index (χ3n) is 1.97. The zero-order chi connectivity index (χ0) is 9.68. The van der Waals surface area contributed by atoms with Crippen molar-refractivity contribution in [3.63, 3.8) is 0 Å². The predicted molar refractivity (Wildman–Crippen MR) is 60.0 cm³/mol. The third kappa shape index (κ3) is 3.77. The SMILES string of the molecule is C[C@@H](Br)CCCc1cccnc1N. The first-order chi connectivity index (χ1) is 6.20. The van der Waals surface area contributed by atoms with Crippen molar-refractivity contribution in [1.82, 2.24) is 4.98 Å². The number of rotatable bonds is 4. The second-order valence-electron chi connectivity index (χ2n) is 3.22. The molecule has 0 unspecified atom stereocenters. The van der Waals surface area contributed by atoms with E-state index < -0.39 is 0 Å². The van der Waals surface area contributed by atoms with Crippen molar-refractivity contribution in [2.24, 2.45) is 0 Å². The van der Waals surface area contributed by atoms with Gasteiger partial charge in [0.05, 0.1) is 0 Å². The van der Waals surface area contributed by atoms with E-state index in [-0.39, 0.29) is 0 Å². The van der Waals surface area contributed by atoms with E-state index >= 15 is 0 Å². The maximum absolute atomic E-state index is 5.71. The molecule has 0 bridgehead atoms. The minimum Gasteiger partial charge on any atom is -0.383 e. The summed E-state index contributed by atoms with van der Waals surface area (Å²) in [5.74, 6) is 0.671. The first-order valence-corrected chi connectivity index (χ1v) is 5.45. The first-order valence-electron chi connectivity index (χ1n) is 4.53. The van der Waals surface area contributed by atoms with Gasteiger partial charge in [-0.25, -0.2) is 4.98 Å². The van der Waals surface area contributed by atoms with Gasteiger partial charge in [-0.3, -0.25) is 0 Å². The Morgan fingerprint density at radius 2 is 2.38 bits per heavy atom. The van der Waals surface area contributed by atoms with Crippen LogP contribution in [-0.4, -0.2) is 9.81 Å². The van der Waals surface area contributed by atoms with Gasteiger partial charge in [0.2, 0.25) is 0 Å². The minimum atomic E-state index is 0.588. The number of anilines is 1. The van der Waals surface area contributed by atoms with Gasteiger partial charge in [0.15, 0.2) is 0 Å². The molecule has 72 valence electrons. The number of nitrogens with two attached hydrogens (primary N) is 1. The molecule has 1 heterocycles. The second-order valence-corrected chi connectivity index (χ2v) is 4.78. The Morgan fingerprint density at radius 3 is 3.00 bits per heavy atom. The Hall–Kier alpha value is -0.570. The molecule has 0 saturated heterocycles. The Labute approximate surface area is 87.7 Å². The van der Waals surface area contributed by atoms with Gasteiger partial charge in [0.1, 0.15) is 5.82 Å². The van der Waals surface area contributed by atoms with Gasteiger partial charge < -0.3 is 5.73 Å². The summed E-state index contributed by atoms with van der Waals surface area (Å²) in [6.45, 7) is 2.16. The van der Waals surface area contributed by atoms with Crippen LogP contribution in [0.1, 0.15) is 25.3 Å². The number of hydrogen-bond donors (Lipinski definition) is 1. The van der Waals surface area contributed by atoms with E-state index in [0.717, 1.165) is 18.4 Å². The molecular weight excluding hydrogens is 228 g/mol. The molecule has 13 heavy (non-hydrogen) atoms. The fourth-order valence-corrected chi connectivity index (χ4v) is 1.56. The Balaban J connectivity index is 2.41. The zero-order valence-corrected chi connectivity index (χ0v) is 9.42. The monoisotopic (exact) mass is 242 g/mol. The molecule has 2 nitrogen and oxygen atoms in total. The van der Waals surface area contributed by atoms with Crippen LogP contribution in [0.4, 0.5) is 5.82 Å². The second kappa shape index (κ2) is 5.22. The first kappa shape index (κ1) is 10.5. The van der Waals surface area contributed by atoms with Crippen molar-refractivity contribution < 1.29 is 0 Å². The number of nitrogen functional groups attached to an aromatic ring is 1. The molecule has 1 aromatic rings. The van der Waals surface area contributed by atoms with Crippen LogP contribution < -0.4 is 5.73 Å². The minimum absolute atomic E-state index is 0.588. The largest absolute Gasteiger partial charge is 0.383 e. The van der Waals surface area contributed by atoms with Crippen LogP contribution >= 0.6 is 15.9 Å². The van der Waals surface area contributed by atoms with Crippen molar-refractivity contribution >= 4 is 21.7 Å². The number of alkyl halides is 1. The highest BCUT2D eigenvalue weighted by Crippen LogP contribution is 2.13. The number of aromatic nitrogens is 1.